The third kappa shape index (κ3) is 3.04. The number of hydrogen-bond donors (Lipinski definition) is 2. The quantitative estimate of drug-likeness (QED) is 0.839. The van der Waals surface area contributed by atoms with Crippen molar-refractivity contribution >= 4 is 27.5 Å². The van der Waals surface area contributed by atoms with Gasteiger partial charge in [-0.05, 0) is 45.0 Å². The predicted molar refractivity (Wildman–Crippen MR) is 82.6 cm³/mol. The molecule has 2 rings (SSSR count). The summed E-state index contributed by atoms with van der Waals surface area (Å²) in [7, 11) is 0. The molecular formula is C15H17BrN2O2. The molecule has 1 aromatic heterocycles. The van der Waals surface area contributed by atoms with E-state index in [1.54, 1.807) is 18.2 Å². The first-order valence-corrected chi connectivity index (χ1v) is 7.10. The Morgan fingerprint density at radius 1 is 1.35 bits per heavy atom. The lowest BCUT2D eigenvalue weighted by Gasteiger charge is -2.14. The van der Waals surface area contributed by atoms with Gasteiger partial charge in [-0.15, -0.1) is 0 Å². The van der Waals surface area contributed by atoms with Crippen molar-refractivity contribution in [3.63, 3.8) is 0 Å². The highest BCUT2D eigenvalue weighted by Gasteiger charge is 2.17. The van der Waals surface area contributed by atoms with E-state index in [0.29, 0.717) is 11.3 Å². The Hall–Kier alpha value is -1.75. The first kappa shape index (κ1) is 14.7. The minimum absolute atomic E-state index is 0.136. The van der Waals surface area contributed by atoms with E-state index in [1.807, 2.05) is 26.8 Å². The van der Waals surface area contributed by atoms with Gasteiger partial charge >= 0.3 is 0 Å². The van der Waals surface area contributed by atoms with Crippen LogP contribution in [0.4, 0.5) is 5.69 Å². The summed E-state index contributed by atoms with van der Waals surface area (Å²) in [5, 5.41) is 2.93. The normalized spacial score (nSPS) is 12.2. The van der Waals surface area contributed by atoms with Crippen molar-refractivity contribution in [3.05, 3.63) is 51.4 Å². The zero-order valence-corrected chi connectivity index (χ0v) is 13.2. The maximum absolute atomic E-state index is 12.2. The van der Waals surface area contributed by atoms with Crippen LogP contribution >= 0.6 is 15.9 Å². The minimum atomic E-state index is -0.194. The number of aryl methyl sites for hydroxylation is 2. The summed E-state index contributed by atoms with van der Waals surface area (Å²) in [5.41, 5.74) is 7.76. The number of nitrogen functional groups attached to an aromatic ring is 1. The van der Waals surface area contributed by atoms with Gasteiger partial charge in [0, 0.05) is 15.7 Å². The van der Waals surface area contributed by atoms with Gasteiger partial charge in [0.05, 0.1) is 11.6 Å². The predicted octanol–water partition coefficient (Wildman–Crippen LogP) is 3.73. The number of benzene rings is 1. The average Bonchev–Trinajstić information content (AvgIpc) is 2.68. The highest BCUT2D eigenvalue weighted by molar-refractivity contribution is 9.10. The third-order valence-corrected chi connectivity index (χ3v) is 3.64. The first-order chi connectivity index (χ1) is 9.38. The molecule has 20 heavy (non-hydrogen) atoms. The van der Waals surface area contributed by atoms with Gasteiger partial charge in [-0.25, -0.2) is 0 Å². The maximum Gasteiger partial charge on any atom is 0.253 e. The van der Waals surface area contributed by atoms with Gasteiger partial charge in [0.2, 0.25) is 0 Å². The van der Waals surface area contributed by atoms with Gasteiger partial charge in [0.25, 0.3) is 5.91 Å². The fraction of sp³-hybridized carbons (Fsp3) is 0.267. The molecule has 2 aromatic rings. The van der Waals surface area contributed by atoms with Crippen LogP contribution in [-0.4, -0.2) is 5.91 Å². The SMILES string of the molecule is Cc1cc(C(C)NC(=O)c2ccc(Br)cc2N)c(C)o1. The van der Waals surface area contributed by atoms with Crippen molar-refractivity contribution in [2.75, 3.05) is 5.73 Å². The van der Waals surface area contributed by atoms with Crippen LogP contribution in [0, 0.1) is 13.8 Å². The van der Waals surface area contributed by atoms with Crippen LogP contribution in [-0.2, 0) is 0 Å². The van der Waals surface area contributed by atoms with Crippen LogP contribution in [0.1, 0.15) is 40.4 Å². The van der Waals surface area contributed by atoms with Crippen LogP contribution < -0.4 is 11.1 Å². The summed E-state index contributed by atoms with van der Waals surface area (Å²) in [5.74, 6) is 1.46. The molecule has 0 aliphatic carbocycles. The highest BCUT2D eigenvalue weighted by atomic mass is 79.9. The van der Waals surface area contributed by atoms with Crippen LogP contribution in [0.5, 0.6) is 0 Å². The van der Waals surface area contributed by atoms with E-state index in [0.717, 1.165) is 21.6 Å². The number of anilines is 1. The van der Waals surface area contributed by atoms with Gasteiger partial charge in [-0.2, -0.15) is 0 Å². The van der Waals surface area contributed by atoms with E-state index in [-0.39, 0.29) is 11.9 Å². The number of furan rings is 1. The molecule has 0 aliphatic heterocycles. The molecule has 3 N–H and O–H groups in total. The van der Waals surface area contributed by atoms with Crippen LogP contribution in [0.15, 0.2) is 33.2 Å². The van der Waals surface area contributed by atoms with E-state index >= 15 is 0 Å². The number of carbonyl (C=O) groups excluding carboxylic acids is 1. The summed E-state index contributed by atoms with van der Waals surface area (Å²) in [6.45, 7) is 5.70. The van der Waals surface area contributed by atoms with Crippen molar-refractivity contribution in [1.82, 2.24) is 5.32 Å². The zero-order valence-electron chi connectivity index (χ0n) is 11.7. The average molecular weight is 337 g/mol. The lowest BCUT2D eigenvalue weighted by Crippen LogP contribution is -2.27. The van der Waals surface area contributed by atoms with Crippen molar-refractivity contribution < 1.29 is 9.21 Å². The molecule has 0 saturated carbocycles. The van der Waals surface area contributed by atoms with Crippen molar-refractivity contribution in [2.24, 2.45) is 0 Å². The molecule has 1 atom stereocenters. The Labute approximate surface area is 126 Å². The number of amides is 1. The van der Waals surface area contributed by atoms with Crippen molar-refractivity contribution in [1.29, 1.82) is 0 Å². The molecule has 4 nitrogen and oxygen atoms in total. The lowest BCUT2D eigenvalue weighted by atomic mass is 10.1. The Kier molecular flexibility index (Phi) is 4.18. The molecule has 0 saturated heterocycles. The van der Waals surface area contributed by atoms with E-state index in [9.17, 15) is 4.79 Å². The molecule has 1 aromatic carbocycles. The van der Waals surface area contributed by atoms with Gasteiger partial charge in [-0.1, -0.05) is 15.9 Å². The summed E-state index contributed by atoms with van der Waals surface area (Å²) in [6, 6.07) is 7.01. The molecule has 106 valence electrons. The van der Waals surface area contributed by atoms with E-state index in [1.165, 1.54) is 0 Å². The number of nitrogens with two attached hydrogens (primary N) is 1. The maximum atomic E-state index is 12.2. The minimum Gasteiger partial charge on any atom is -0.466 e. The Balaban J connectivity index is 2.17. The molecule has 1 unspecified atom stereocenters. The number of carbonyl (C=O) groups is 1. The topological polar surface area (TPSA) is 68.3 Å². The molecule has 0 radical (unpaired) electrons. The third-order valence-electron chi connectivity index (χ3n) is 3.15. The molecular weight excluding hydrogens is 320 g/mol. The monoisotopic (exact) mass is 336 g/mol. The van der Waals surface area contributed by atoms with Crippen LogP contribution in [0.2, 0.25) is 0 Å². The Bertz CT molecular complexity index is 649. The zero-order chi connectivity index (χ0) is 14.9. The summed E-state index contributed by atoms with van der Waals surface area (Å²) < 4.78 is 6.33. The second-order valence-electron chi connectivity index (χ2n) is 4.80. The fourth-order valence-electron chi connectivity index (χ4n) is 2.17. The summed E-state index contributed by atoms with van der Waals surface area (Å²) in [4.78, 5) is 12.2. The molecule has 1 heterocycles. The molecule has 0 aliphatic rings. The molecule has 0 fully saturated rings. The summed E-state index contributed by atoms with van der Waals surface area (Å²) in [6.07, 6.45) is 0. The first-order valence-electron chi connectivity index (χ1n) is 6.31. The molecule has 0 spiro atoms. The standard InChI is InChI=1S/C15H17BrN2O2/c1-8-6-13(10(3)20-8)9(2)18-15(19)12-5-4-11(16)7-14(12)17/h4-7,9H,17H2,1-3H3,(H,18,19). The van der Waals surface area contributed by atoms with Crippen molar-refractivity contribution in [3.8, 4) is 0 Å². The number of nitrogens with one attached hydrogen (secondary N) is 1. The highest BCUT2D eigenvalue weighted by Crippen LogP contribution is 2.23. The van der Waals surface area contributed by atoms with E-state index in [4.69, 9.17) is 10.2 Å². The number of hydrogen-bond acceptors (Lipinski definition) is 3. The van der Waals surface area contributed by atoms with E-state index in [2.05, 4.69) is 21.2 Å². The van der Waals surface area contributed by atoms with Gasteiger partial charge in [-0.3, -0.25) is 4.79 Å². The van der Waals surface area contributed by atoms with Gasteiger partial charge in [0.1, 0.15) is 11.5 Å². The number of halogens is 1. The van der Waals surface area contributed by atoms with Crippen molar-refractivity contribution in [2.45, 2.75) is 26.8 Å². The second-order valence-corrected chi connectivity index (χ2v) is 5.71. The van der Waals surface area contributed by atoms with E-state index < -0.39 is 0 Å². The molecule has 0 bridgehead atoms. The number of rotatable bonds is 3. The molecule has 1 amide bonds. The Morgan fingerprint density at radius 3 is 2.60 bits per heavy atom. The largest absolute Gasteiger partial charge is 0.466 e. The van der Waals surface area contributed by atoms with Gasteiger partial charge < -0.3 is 15.5 Å². The van der Waals surface area contributed by atoms with Gasteiger partial charge in [0.15, 0.2) is 0 Å². The smallest absolute Gasteiger partial charge is 0.253 e. The summed E-state index contributed by atoms with van der Waals surface area (Å²) >= 11 is 3.32. The second kappa shape index (κ2) is 5.71. The molecule has 5 heteroatoms. The Morgan fingerprint density at radius 2 is 2.05 bits per heavy atom. The van der Waals surface area contributed by atoms with Crippen LogP contribution in [0.3, 0.4) is 0 Å². The lowest BCUT2D eigenvalue weighted by molar-refractivity contribution is 0.0940. The van der Waals surface area contributed by atoms with Crippen LogP contribution in [0.25, 0.3) is 0 Å². The fourth-order valence-corrected chi connectivity index (χ4v) is 2.55.